The molecule has 5 aromatic carbocycles. The molecule has 0 saturated carbocycles. The van der Waals surface area contributed by atoms with E-state index in [0.717, 1.165) is 44.4 Å². The van der Waals surface area contributed by atoms with E-state index in [1.165, 1.54) is 0 Å². The zero-order chi connectivity index (χ0) is 40.9. The number of hydrogen-bond acceptors (Lipinski definition) is 10. The monoisotopic (exact) mass is 836 g/mol. The maximum atomic E-state index is 6.74. The van der Waals surface area contributed by atoms with Gasteiger partial charge in [0.1, 0.15) is 0 Å². The van der Waals surface area contributed by atoms with Crippen LogP contribution in [0.1, 0.15) is 5.56 Å². The second-order valence-corrected chi connectivity index (χ2v) is 16.1. The molecule has 0 atom stereocenters. The van der Waals surface area contributed by atoms with Gasteiger partial charge < -0.3 is 0 Å². The molecule has 13 heteroatoms. The van der Waals surface area contributed by atoms with Crippen molar-refractivity contribution in [1.29, 1.82) is 0 Å². The van der Waals surface area contributed by atoms with Gasteiger partial charge in [-0.25, -0.2) is 0 Å². The number of hydrogen-bond donors (Lipinski definition) is 2. The molecule has 0 fully saturated rings. The molecular formula is C47H36N10O2Zn. The molecule has 10 rings (SSSR count). The van der Waals surface area contributed by atoms with Gasteiger partial charge in [-0.3, -0.25) is 0 Å². The fraction of sp³-hybridized carbons (Fsp3) is 0.0851. The van der Waals surface area contributed by atoms with E-state index in [1.807, 2.05) is 171 Å². The molecule has 5 heterocycles. The summed E-state index contributed by atoms with van der Waals surface area (Å²) >= 11 is 0.657. The van der Waals surface area contributed by atoms with Crippen LogP contribution in [0.15, 0.2) is 133 Å². The first-order valence-electron chi connectivity index (χ1n) is 19.4. The summed E-state index contributed by atoms with van der Waals surface area (Å²) in [6.45, 7) is 0. The molecule has 8 bridgehead atoms. The topological polar surface area (TPSA) is 134 Å². The summed E-state index contributed by atoms with van der Waals surface area (Å²) in [5, 5.41) is 1.84. The van der Waals surface area contributed by atoms with Crippen molar-refractivity contribution in [2.75, 3.05) is 38.0 Å². The van der Waals surface area contributed by atoms with Crippen LogP contribution in [0.25, 0.3) is 85.0 Å². The quantitative estimate of drug-likeness (QED) is 0.113. The van der Waals surface area contributed by atoms with Crippen molar-refractivity contribution < 1.29 is 27.3 Å². The number of H-pyrrole nitrogens is 2. The first kappa shape index (κ1) is 36.9. The molecule has 0 radical (unpaired) electrons. The summed E-state index contributed by atoms with van der Waals surface area (Å²) in [7, 11) is 8.02. The van der Waals surface area contributed by atoms with Crippen LogP contribution >= 0.6 is 0 Å². The van der Waals surface area contributed by atoms with E-state index < -0.39 is 0 Å². The fourth-order valence-electron chi connectivity index (χ4n) is 7.27. The van der Waals surface area contributed by atoms with Crippen LogP contribution < -0.4 is 19.3 Å². The summed E-state index contributed by atoms with van der Waals surface area (Å²) in [4.78, 5) is 41.6. The van der Waals surface area contributed by atoms with E-state index in [1.54, 1.807) is 0 Å². The average Bonchev–Trinajstić information content (AvgIpc) is 4.00. The third kappa shape index (κ3) is 6.98. The number of nitrogens with zero attached hydrogens (tertiary/aromatic N) is 8. The van der Waals surface area contributed by atoms with Gasteiger partial charge in [0.05, 0.1) is 0 Å². The number of ether oxygens (including phenoxy) is 2. The third-order valence-electron chi connectivity index (χ3n) is 10.3. The van der Waals surface area contributed by atoms with Crippen molar-refractivity contribution in [1.82, 2.24) is 39.9 Å². The zero-order valence-electron chi connectivity index (χ0n) is 33.3. The molecule has 8 aromatic rings. The summed E-state index contributed by atoms with van der Waals surface area (Å²) in [6.07, 6.45) is 1.94. The van der Waals surface area contributed by atoms with Crippen molar-refractivity contribution in [2.45, 2.75) is 0 Å². The number of nitrogens with one attached hydrogen (secondary N) is 2. The number of rotatable bonds is 8. The summed E-state index contributed by atoms with van der Waals surface area (Å²) in [5.74, 6) is 4.00. The second kappa shape index (κ2) is 15.1. The molecule has 12 nitrogen and oxygen atoms in total. The van der Waals surface area contributed by atoms with Crippen LogP contribution in [0.4, 0.5) is 11.4 Å². The molecule has 2 aliphatic rings. The Bertz CT molecular complexity index is 3220. The van der Waals surface area contributed by atoms with Gasteiger partial charge in [-0.15, -0.1) is 0 Å². The molecule has 2 aliphatic heterocycles. The van der Waals surface area contributed by atoms with E-state index in [4.69, 9.17) is 39.4 Å². The maximum absolute atomic E-state index is 6.74. The molecule has 0 unspecified atom stereocenters. The second-order valence-electron chi connectivity index (χ2n) is 14.8. The van der Waals surface area contributed by atoms with Crippen LogP contribution in [0.2, 0.25) is 0 Å². The van der Waals surface area contributed by atoms with Gasteiger partial charge in [-0.1, -0.05) is 24.3 Å². The van der Waals surface area contributed by atoms with Crippen molar-refractivity contribution in [3.05, 3.63) is 139 Å². The van der Waals surface area contributed by atoms with Gasteiger partial charge in [0.15, 0.2) is 0 Å². The summed E-state index contributed by atoms with van der Waals surface area (Å²) < 4.78 is 14.0. The Labute approximate surface area is 354 Å². The predicted octanol–water partition coefficient (Wildman–Crippen LogP) is 9.02. The minimum absolute atomic E-state index is 0.506. The molecule has 0 aliphatic carbocycles. The molecule has 288 valence electrons. The molecule has 0 spiro atoms. The molecule has 0 amide bonds. The van der Waals surface area contributed by atoms with Gasteiger partial charge in [0.25, 0.3) is 0 Å². The Morgan fingerprint density at radius 1 is 0.500 bits per heavy atom. The molecule has 0 saturated heterocycles. The van der Waals surface area contributed by atoms with Crippen LogP contribution in [0, 0.1) is 0 Å². The Morgan fingerprint density at radius 3 is 1.48 bits per heavy atom. The van der Waals surface area contributed by atoms with Crippen LogP contribution in [0.3, 0.4) is 0 Å². The number of aromatic amines is 2. The van der Waals surface area contributed by atoms with Gasteiger partial charge in [-0.2, -0.15) is 0 Å². The van der Waals surface area contributed by atoms with E-state index in [-0.39, 0.29) is 0 Å². The molecule has 60 heavy (non-hydrogen) atoms. The third-order valence-corrected chi connectivity index (χ3v) is 11.3. The van der Waals surface area contributed by atoms with Gasteiger partial charge in [0.2, 0.25) is 0 Å². The van der Waals surface area contributed by atoms with Crippen molar-refractivity contribution in [2.24, 2.45) is 0 Å². The first-order valence-corrected chi connectivity index (χ1v) is 20.9. The minimum atomic E-state index is 0.506. The number of benzene rings is 5. The average molecular weight is 838 g/mol. The van der Waals surface area contributed by atoms with Crippen molar-refractivity contribution >= 4 is 55.1 Å². The Balaban J connectivity index is 1.23. The Kier molecular flexibility index (Phi) is 9.30. The van der Waals surface area contributed by atoms with E-state index >= 15 is 0 Å². The predicted molar refractivity (Wildman–Crippen MR) is 234 cm³/mol. The summed E-state index contributed by atoms with van der Waals surface area (Å²) in [6, 6.07) is 41.9. The van der Waals surface area contributed by atoms with Gasteiger partial charge in [-0.05, 0) is 0 Å². The van der Waals surface area contributed by atoms with E-state index in [0.29, 0.717) is 90.9 Å². The van der Waals surface area contributed by atoms with Crippen LogP contribution in [-0.2, 0) is 17.9 Å². The molecule has 3 aromatic heterocycles. The van der Waals surface area contributed by atoms with E-state index in [2.05, 4.69) is 9.97 Å². The number of anilines is 2. The van der Waals surface area contributed by atoms with Crippen molar-refractivity contribution in [3.63, 3.8) is 0 Å². The van der Waals surface area contributed by atoms with Gasteiger partial charge in [0, 0.05) is 5.39 Å². The Morgan fingerprint density at radius 2 is 0.967 bits per heavy atom. The van der Waals surface area contributed by atoms with Crippen molar-refractivity contribution in [3.8, 4) is 57.1 Å². The first-order chi connectivity index (χ1) is 29.2. The van der Waals surface area contributed by atoms with Gasteiger partial charge >= 0.3 is 326 Å². The normalized spacial score (nSPS) is 11.9. The standard InChI is InChI=1S/C47H36N10O2.Zn/c1-56(2)29-13-11-15-31(25-29)58-27-33(59-32-16-12-14-30(26-32)57(3)4)23-28-24-40-48-41(28)50-43-36-19-7-8-20-37(36)45(52-43)54-47-39-22-10-9-21-38(39)46(55-47)53-44-35-18-6-5-17-34(35)42(49-40)51-44;/h5-26H,1-4H3,(H2,48,49,50,51,52,53,54,55);/b33-23+;. The van der Waals surface area contributed by atoms with E-state index in [9.17, 15) is 0 Å². The van der Waals surface area contributed by atoms with Crippen LogP contribution in [0.5, 0.6) is 11.5 Å². The zero-order valence-corrected chi connectivity index (χ0v) is 36.3. The summed E-state index contributed by atoms with van der Waals surface area (Å²) in [5.41, 5.74) is 8.55. The molecule has 2 N–H and O–H groups in total. The Hall–Kier alpha value is -7.37. The van der Waals surface area contributed by atoms with Crippen LogP contribution in [-0.4, -0.2) is 72.4 Å². The number of fused-ring (bicyclic) bond motifs is 17. The number of aromatic nitrogens is 8. The SMILES string of the molecule is CN(C)c1cccc(O[C](=[Zn])/C(=C\c2cc3nc4nc(nc5[nH]c(nc6nc(nc2[nH]3)-c2ccccc2-6)c2ccccc52)-c2ccccc2-4)Oc2cccc(N(C)C)c2)c1. The molecular weight excluding hydrogens is 802 g/mol. The fourth-order valence-corrected chi connectivity index (χ4v) is 7.98.